The predicted molar refractivity (Wildman–Crippen MR) is 95.8 cm³/mol. The molecule has 4 rings (SSSR count). The first-order valence-electron chi connectivity index (χ1n) is 8.95. The highest BCUT2D eigenvalue weighted by Gasteiger charge is 2.27. The van der Waals surface area contributed by atoms with E-state index in [-0.39, 0.29) is 0 Å². The molecule has 0 atom stereocenters. The van der Waals surface area contributed by atoms with E-state index in [9.17, 15) is 0 Å². The Bertz CT molecular complexity index is 686. The maximum absolute atomic E-state index is 6.45. The minimum Gasteiger partial charge on any atom is -0.370 e. The Labute approximate surface area is 143 Å². The van der Waals surface area contributed by atoms with Crippen LogP contribution >= 0.6 is 11.6 Å². The van der Waals surface area contributed by atoms with E-state index in [0.717, 1.165) is 23.7 Å². The quantitative estimate of drug-likeness (QED) is 0.807. The van der Waals surface area contributed by atoms with Gasteiger partial charge < -0.3 is 5.32 Å². The minimum absolute atomic E-state index is 0.626. The lowest BCUT2D eigenvalue weighted by Gasteiger charge is -2.20. The van der Waals surface area contributed by atoms with Crippen LogP contribution in [0.2, 0.25) is 5.02 Å². The number of hydrogen-bond acceptors (Lipinski definition) is 2. The Balaban J connectivity index is 1.83. The Morgan fingerprint density at radius 2 is 1.87 bits per heavy atom. The summed E-state index contributed by atoms with van der Waals surface area (Å²) in [6.45, 7) is 1.02. The van der Waals surface area contributed by atoms with E-state index in [1.54, 1.807) is 0 Å². The van der Waals surface area contributed by atoms with Crippen molar-refractivity contribution in [2.45, 2.75) is 57.3 Å². The summed E-state index contributed by atoms with van der Waals surface area (Å²) in [4.78, 5) is 0. The molecule has 1 aliphatic heterocycles. The van der Waals surface area contributed by atoms with E-state index in [4.69, 9.17) is 16.7 Å². The molecule has 1 N–H and O–H groups in total. The maximum Gasteiger partial charge on any atom is 0.133 e. The summed E-state index contributed by atoms with van der Waals surface area (Å²) >= 11 is 6.45. The van der Waals surface area contributed by atoms with Gasteiger partial charge in [0.2, 0.25) is 0 Å². The van der Waals surface area contributed by atoms with Crippen LogP contribution in [0.5, 0.6) is 0 Å². The van der Waals surface area contributed by atoms with Crippen molar-refractivity contribution in [2.24, 2.45) is 0 Å². The molecule has 0 saturated heterocycles. The fraction of sp³-hybridized carbons (Fsp3) is 0.526. The lowest BCUT2D eigenvalue weighted by molar-refractivity contribution is 0.432. The number of para-hydroxylation sites is 1. The van der Waals surface area contributed by atoms with E-state index >= 15 is 0 Å². The second-order valence-electron chi connectivity index (χ2n) is 6.79. The summed E-state index contributed by atoms with van der Waals surface area (Å²) in [5.74, 6) is 1.80. The van der Waals surface area contributed by atoms with Crippen molar-refractivity contribution in [2.75, 3.05) is 11.9 Å². The highest BCUT2D eigenvalue weighted by molar-refractivity contribution is 6.32. The molecule has 0 spiro atoms. The van der Waals surface area contributed by atoms with E-state index in [1.807, 2.05) is 18.2 Å². The second-order valence-corrected chi connectivity index (χ2v) is 7.20. The third kappa shape index (κ3) is 2.87. The molecule has 1 aromatic carbocycles. The van der Waals surface area contributed by atoms with Gasteiger partial charge in [-0.3, -0.25) is 0 Å². The van der Waals surface area contributed by atoms with Crippen molar-refractivity contribution in [3.05, 3.63) is 40.5 Å². The fourth-order valence-electron chi connectivity index (χ4n) is 4.03. The van der Waals surface area contributed by atoms with Gasteiger partial charge in [0.15, 0.2) is 0 Å². The molecule has 1 aromatic heterocycles. The first-order valence-corrected chi connectivity index (χ1v) is 9.33. The number of hydrogen-bond donors (Lipinski definition) is 1. The van der Waals surface area contributed by atoms with Gasteiger partial charge in [-0.1, -0.05) is 43.0 Å². The molecule has 1 aliphatic carbocycles. The van der Waals surface area contributed by atoms with Gasteiger partial charge in [0, 0.05) is 18.0 Å². The third-order valence-corrected chi connectivity index (χ3v) is 5.55. The molecular weight excluding hydrogens is 306 g/mol. The van der Waals surface area contributed by atoms with Gasteiger partial charge in [-0.05, 0) is 44.2 Å². The number of nitrogens with one attached hydrogen (secondary N) is 1. The van der Waals surface area contributed by atoms with Crippen LogP contribution in [0.3, 0.4) is 0 Å². The van der Waals surface area contributed by atoms with Crippen LogP contribution in [0.25, 0.3) is 5.69 Å². The van der Waals surface area contributed by atoms with Crippen LogP contribution in [0.1, 0.15) is 62.1 Å². The molecule has 0 bridgehead atoms. The van der Waals surface area contributed by atoms with Gasteiger partial charge in [-0.2, -0.15) is 5.10 Å². The van der Waals surface area contributed by atoms with E-state index in [1.165, 1.54) is 62.0 Å². The van der Waals surface area contributed by atoms with Crippen LogP contribution in [-0.4, -0.2) is 16.3 Å². The Kier molecular flexibility index (Phi) is 4.30. The summed E-state index contributed by atoms with van der Waals surface area (Å²) in [7, 11) is 0. The van der Waals surface area contributed by atoms with Crippen molar-refractivity contribution in [3.63, 3.8) is 0 Å². The first-order chi connectivity index (χ1) is 11.3. The Morgan fingerprint density at radius 1 is 1.04 bits per heavy atom. The molecule has 2 heterocycles. The summed E-state index contributed by atoms with van der Waals surface area (Å²) in [5.41, 5.74) is 3.75. The lowest BCUT2D eigenvalue weighted by Crippen LogP contribution is -2.08. The number of aromatic nitrogens is 2. The molecule has 0 radical (unpaired) electrons. The molecular formula is C19H24ClN3. The van der Waals surface area contributed by atoms with Crippen LogP contribution < -0.4 is 5.32 Å². The Hall–Kier alpha value is -1.48. The zero-order valence-corrected chi connectivity index (χ0v) is 14.3. The van der Waals surface area contributed by atoms with Crippen LogP contribution in [0.15, 0.2) is 24.3 Å². The van der Waals surface area contributed by atoms with Gasteiger partial charge in [-0.15, -0.1) is 0 Å². The van der Waals surface area contributed by atoms with Crippen LogP contribution in [0, 0.1) is 0 Å². The average molecular weight is 330 g/mol. The fourth-order valence-corrected chi connectivity index (χ4v) is 4.25. The molecule has 4 heteroatoms. The van der Waals surface area contributed by atoms with Gasteiger partial charge in [-0.25, -0.2) is 4.68 Å². The largest absolute Gasteiger partial charge is 0.370 e. The van der Waals surface area contributed by atoms with E-state index in [0.29, 0.717) is 5.92 Å². The SMILES string of the molecule is Clc1ccccc1-n1nc(C2CCCCC2)c2c1NCCCC2. The van der Waals surface area contributed by atoms with E-state index in [2.05, 4.69) is 16.1 Å². The molecule has 23 heavy (non-hydrogen) atoms. The van der Waals surface area contributed by atoms with E-state index < -0.39 is 0 Å². The van der Waals surface area contributed by atoms with Crippen molar-refractivity contribution < 1.29 is 0 Å². The summed E-state index contributed by atoms with van der Waals surface area (Å²) in [6.07, 6.45) is 10.2. The summed E-state index contributed by atoms with van der Waals surface area (Å²) < 4.78 is 2.06. The summed E-state index contributed by atoms with van der Waals surface area (Å²) in [6, 6.07) is 8.02. The number of nitrogens with zero attached hydrogens (tertiary/aromatic N) is 2. The lowest BCUT2D eigenvalue weighted by atomic mass is 9.85. The highest BCUT2D eigenvalue weighted by atomic mass is 35.5. The number of benzene rings is 1. The topological polar surface area (TPSA) is 29.9 Å². The average Bonchev–Trinajstić information content (AvgIpc) is 2.78. The van der Waals surface area contributed by atoms with Crippen LogP contribution in [-0.2, 0) is 6.42 Å². The molecule has 2 aliphatic rings. The molecule has 0 unspecified atom stereocenters. The zero-order valence-electron chi connectivity index (χ0n) is 13.5. The first kappa shape index (κ1) is 15.1. The third-order valence-electron chi connectivity index (χ3n) is 5.23. The smallest absolute Gasteiger partial charge is 0.133 e. The number of rotatable bonds is 2. The molecule has 2 aromatic rings. The van der Waals surface area contributed by atoms with Crippen molar-refractivity contribution in [1.82, 2.24) is 9.78 Å². The van der Waals surface area contributed by atoms with Gasteiger partial charge >= 0.3 is 0 Å². The molecule has 1 saturated carbocycles. The molecule has 3 nitrogen and oxygen atoms in total. The van der Waals surface area contributed by atoms with Crippen LogP contribution in [0.4, 0.5) is 5.82 Å². The second kappa shape index (κ2) is 6.56. The van der Waals surface area contributed by atoms with Gasteiger partial charge in [0.1, 0.15) is 5.82 Å². The predicted octanol–water partition coefficient (Wildman–Crippen LogP) is 5.32. The zero-order chi connectivity index (χ0) is 15.6. The van der Waals surface area contributed by atoms with Gasteiger partial charge in [0.25, 0.3) is 0 Å². The Morgan fingerprint density at radius 3 is 2.70 bits per heavy atom. The number of halogens is 1. The van der Waals surface area contributed by atoms with Crippen molar-refractivity contribution in [1.29, 1.82) is 0 Å². The number of fused-ring (bicyclic) bond motifs is 1. The minimum atomic E-state index is 0.626. The monoisotopic (exact) mass is 329 g/mol. The number of anilines is 1. The van der Waals surface area contributed by atoms with Crippen molar-refractivity contribution in [3.8, 4) is 5.69 Å². The van der Waals surface area contributed by atoms with Gasteiger partial charge in [0.05, 0.1) is 16.4 Å². The maximum atomic E-state index is 6.45. The normalized spacial score (nSPS) is 19.0. The highest BCUT2D eigenvalue weighted by Crippen LogP contribution is 2.39. The van der Waals surface area contributed by atoms with Crippen molar-refractivity contribution >= 4 is 17.4 Å². The standard InChI is InChI=1S/C19H24ClN3/c20-16-11-4-5-12-17(16)23-19-15(10-6-7-13-21-19)18(22-23)14-8-2-1-3-9-14/h4-5,11-12,14,21H,1-3,6-10,13H2. The molecule has 122 valence electrons. The summed E-state index contributed by atoms with van der Waals surface area (Å²) in [5, 5.41) is 9.44. The molecule has 0 amide bonds. The molecule has 1 fully saturated rings.